The first-order valence-electron chi connectivity index (χ1n) is 6.89. The first-order valence-corrected chi connectivity index (χ1v) is 6.89. The number of ether oxygens (including phenoxy) is 1. The number of furan rings is 1. The molecule has 3 rings (SSSR count). The molecule has 104 valence electrons. The first kappa shape index (κ1) is 12.7. The predicted octanol–water partition coefficient (Wildman–Crippen LogP) is 1.25. The van der Waals surface area contributed by atoms with Crippen molar-refractivity contribution in [3.8, 4) is 0 Å². The third kappa shape index (κ3) is 2.67. The smallest absolute Gasteiger partial charge is 0.373 e. The van der Waals surface area contributed by atoms with Crippen molar-refractivity contribution in [3.63, 3.8) is 0 Å². The molecule has 2 atom stereocenters. The minimum atomic E-state index is -0.414. The predicted molar refractivity (Wildman–Crippen MR) is 69.8 cm³/mol. The van der Waals surface area contributed by atoms with Gasteiger partial charge in [0.2, 0.25) is 5.76 Å². The number of likely N-dealkylation sites (tertiary alicyclic amines) is 1. The minimum absolute atomic E-state index is 0.284. The Morgan fingerprint density at radius 3 is 3.21 bits per heavy atom. The van der Waals surface area contributed by atoms with E-state index in [4.69, 9.17) is 4.42 Å². The van der Waals surface area contributed by atoms with Crippen molar-refractivity contribution in [1.29, 1.82) is 0 Å². The molecule has 19 heavy (non-hydrogen) atoms. The Morgan fingerprint density at radius 2 is 2.42 bits per heavy atom. The van der Waals surface area contributed by atoms with Gasteiger partial charge >= 0.3 is 5.97 Å². The number of nitrogens with one attached hydrogen (secondary N) is 1. The molecule has 0 amide bonds. The molecule has 2 saturated heterocycles. The largest absolute Gasteiger partial charge is 0.463 e. The summed E-state index contributed by atoms with van der Waals surface area (Å²) in [5.74, 6) is 1.47. The summed E-state index contributed by atoms with van der Waals surface area (Å²) in [6.07, 6.45) is 2.60. The van der Waals surface area contributed by atoms with E-state index < -0.39 is 5.97 Å². The highest BCUT2D eigenvalue weighted by Gasteiger charge is 2.34. The average molecular weight is 264 g/mol. The number of esters is 1. The van der Waals surface area contributed by atoms with Crippen LogP contribution >= 0.6 is 0 Å². The number of hydrogen-bond acceptors (Lipinski definition) is 5. The molecule has 0 saturated carbocycles. The maximum absolute atomic E-state index is 11.3. The second-order valence-electron chi connectivity index (χ2n) is 5.41. The molecule has 0 bridgehead atoms. The summed E-state index contributed by atoms with van der Waals surface area (Å²) in [6, 6.07) is 4.17. The lowest BCUT2D eigenvalue weighted by Gasteiger charge is -2.24. The second-order valence-corrected chi connectivity index (χ2v) is 5.41. The molecule has 1 aromatic rings. The maximum Gasteiger partial charge on any atom is 0.373 e. The van der Waals surface area contributed by atoms with Crippen molar-refractivity contribution in [1.82, 2.24) is 10.2 Å². The molecule has 1 N–H and O–H groups in total. The van der Waals surface area contributed by atoms with Crippen LogP contribution in [0.15, 0.2) is 16.5 Å². The molecule has 0 radical (unpaired) electrons. The molecule has 1 aromatic heterocycles. The fourth-order valence-electron chi connectivity index (χ4n) is 3.16. The van der Waals surface area contributed by atoms with Crippen LogP contribution in [0.4, 0.5) is 0 Å². The number of piperidine rings is 1. The molecule has 2 aliphatic heterocycles. The standard InChI is InChI=1S/C14H20N2O3/c1-18-14(17)13-5-4-11(19-13)8-16-7-10-3-2-6-15-12(10)9-16/h4-5,10,12,15H,2-3,6-9H2,1H3/t10-,12+/m0/s1. The normalized spacial score (nSPS) is 27.2. The van der Waals surface area contributed by atoms with E-state index in [1.54, 1.807) is 6.07 Å². The SMILES string of the molecule is COC(=O)c1ccc(CN2C[C@@H]3CCCN[C@@H]3C2)o1. The lowest BCUT2D eigenvalue weighted by molar-refractivity contribution is 0.0561. The van der Waals surface area contributed by atoms with E-state index in [1.807, 2.05) is 6.07 Å². The number of rotatable bonds is 3. The van der Waals surface area contributed by atoms with Gasteiger partial charge in [0.25, 0.3) is 0 Å². The highest BCUT2D eigenvalue weighted by molar-refractivity contribution is 5.86. The number of carbonyl (C=O) groups excluding carboxylic acids is 1. The van der Waals surface area contributed by atoms with Crippen molar-refractivity contribution >= 4 is 5.97 Å². The van der Waals surface area contributed by atoms with Crippen LogP contribution in [0.2, 0.25) is 0 Å². The molecule has 5 nitrogen and oxygen atoms in total. The van der Waals surface area contributed by atoms with E-state index in [0.717, 1.165) is 37.9 Å². The fourth-order valence-corrected chi connectivity index (χ4v) is 3.16. The van der Waals surface area contributed by atoms with E-state index >= 15 is 0 Å². The van der Waals surface area contributed by atoms with Gasteiger partial charge < -0.3 is 14.5 Å². The fraction of sp³-hybridized carbons (Fsp3) is 0.643. The summed E-state index contributed by atoms with van der Waals surface area (Å²) in [5.41, 5.74) is 0. The lowest BCUT2D eigenvalue weighted by Crippen LogP contribution is -2.40. The lowest BCUT2D eigenvalue weighted by atomic mass is 9.94. The Labute approximate surface area is 112 Å². The van der Waals surface area contributed by atoms with E-state index in [9.17, 15) is 4.79 Å². The summed E-state index contributed by atoms with van der Waals surface area (Å²) < 4.78 is 10.2. The Morgan fingerprint density at radius 1 is 1.53 bits per heavy atom. The monoisotopic (exact) mass is 264 g/mol. The number of carbonyl (C=O) groups is 1. The van der Waals surface area contributed by atoms with Crippen LogP contribution in [-0.2, 0) is 11.3 Å². The molecular formula is C14H20N2O3. The number of fused-ring (bicyclic) bond motifs is 1. The molecule has 0 spiro atoms. The van der Waals surface area contributed by atoms with Gasteiger partial charge in [0, 0.05) is 19.1 Å². The summed E-state index contributed by atoms with van der Waals surface area (Å²) >= 11 is 0. The number of nitrogens with zero attached hydrogens (tertiary/aromatic N) is 1. The van der Waals surface area contributed by atoms with Crippen LogP contribution in [0.1, 0.15) is 29.2 Å². The third-order valence-corrected chi connectivity index (χ3v) is 4.10. The second kappa shape index (κ2) is 5.35. The number of methoxy groups -OCH3 is 1. The van der Waals surface area contributed by atoms with E-state index in [1.165, 1.54) is 20.0 Å². The van der Waals surface area contributed by atoms with Gasteiger partial charge in [0.15, 0.2) is 0 Å². The topological polar surface area (TPSA) is 54.7 Å². The minimum Gasteiger partial charge on any atom is -0.463 e. The average Bonchev–Trinajstić information content (AvgIpc) is 3.04. The molecule has 2 fully saturated rings. The number of hydrogen-bond donors (Lipinski definition) is 1. The van der Waals surface area contributed by atoms with E-state index in [0.29, 0.717) is 6.04 Å². The van der Waals surface area contributed by atoms with Crippen molar-refractivity contribution in [2.24, 2.45) is 5.92 Å². The van der Waals surface area contributed by atoms with Crippen molar-refractivity contribution in [3.05, 3.63) is 23.7 Å². The highest BCUT2D eigenvalue weighted by atomic mass is 16.5. The summed E-state index contributed by atoms with van der Waals surface area (Å²) in [4.78, 5) is 13.7. The Kier molecular flexibility index (Phi) is 3.57. The van der Waals surface area contributed by atoms with Crippen LogP contribution in [0, 0.1) is 5.92 Å². The molecule has 3 heterocycles. The van der Waals surface area contributed by atoms with Gasteiger partial charge in [-0.2, -0.15) is 0 Å². The molecule has 5 heteroatoms. The van der Waals surface area contributed by atoms with Gasteiger partial charge in [-0.25, -0.2) is 4.79 Å². The Hall–Kier alpha value is -1.33. The summed E-state index contributed by atoms with van der Waals surface area (Å²) in [6.45, 7) is 4.10. The van der Waals surface area contributed by atoms with Crippen molar-refractivity contribution in [2.75, 3.05) is 26.7 Å². The third-order valence-electron chi connectivity index (χ3n) is 4.10. The highest BCUT2D eigenvalue weighted by Crippen LogP contribution is 2.26. The van der Waals surface area contributed by atoms with Gasteiger partial charge in [0.05, 0.1) is 13.7 Å². The molecular weight excluding hydrogens is 244 g/mol. The van der Waals surface area contributed by atoms with Crippen molar-refractivity contribution in [2.45, 2.75) is 25.4 Å². The van der Waals surface area contributed by atoms with Gasteiger partial charge in [-0.05, 0) is 37.4 Å². The van der Waals surface area contributed by atoms with Gasteiger partial charge in [-0.15, -0.1) is 0 Å². The zero-order valence-corrected chi connectivity index (χ0v) is 11.2. The Bertz CT molecular complexity index is 443. The van der Waals surface area contributed by atoms with Crippen LogP contribution < -0.4 is 5.32 Å². The maximum atomic E-state index is 11.3. The van der Waals surface area contributed by atoms with E-state index in [-0.39, 0.29) is 5.76 Å². The van der Waals surface area contributed by atoms with E-state index in [2.05, 4.69) is 15.0 Å². The van der Waals surface area contributed by atoms with Gasteiger partial charge in [0.1, 0.15) is 5.76 Å². The van der Waals surface area contributed by atoms with Gasteiger partial charge in [-0.3, -0.25) is 4.90 Å². The molecule has 2 aliphatic rings. The zero-order chi connectivity index (χ0) is 13.2. The summed E-state index contributed by atoms with van der Waals surface area (Å²) in [5, 5.41) is 3.58. The Balaban J connectivity index is 1.60. The molecule has 0 aromatic carbocycles. The van der Waals surface area contributed by atoms with Crippen LogP contribution in [0.3, 0.4) is 0 Å². The molecule has 0 aliphatic carbocycles. The van der Waals surface area contributed by atoms with Crippen LogP contribution in [0.25, 0.3) is 0 Å². The van der Waals surface area contributed by atoms with Crippen LogP contribution in [0.5, 0.6) is 0 Å². The first-order chi connectivity index (χ1) is 9.26. The quantitative estimate of drug-likeness (QED) is 0.833. The van der Waals surface area contributed by atoms with Gasteiger partial charge in [-0.1, -0.05) is 0 Å². The van der Waals surface area contributed by atoms with Crippen LogP contribution in [-0.4, -0.2) is 43.7 Å². The summed E-state index contributed by atoms with van der Waals surface area (Å²) in [7, 11) is 1.36. The van der Waals surface area contributed by atoms with Crippen molar-refractivity contribution < 1.29 is 13.9 Å². The molecule has 0 unspecified atom stereocenters. The zero-order valence-electron chi connectivity index (χ0n) is 11.2.